The zero-order valence-electron chi connectivity index (χ0n) is 14.9. The summed E-state index contributed by atoms with van der Waals surface area (Å²) >= 11 is 0. The zero-order chi connectivity index (χ0) is 19.1. The summed E-state index contributed by atoms with van der Waals surface area (Å²) < 4.78 is 0. The van der Waals surface area contributed by atoms with Gasteiger partial charge in [0.05, 0.1) is 22.5 Å². The molecule has 3 aromatic carbocycles. The van der Waals surface area contributed by atoms with E-state index in [1.54, 1.807) is 0 Å². The molecular weight excluding hydrogens is 348 g/mol. The van der Waals surface area contributed by atoms with Crippen LogP contribution in [0.2, 0.25) is 0 Å². The molecule has 0 spiro atoms. The molecule has 4 aromatic rings. The van der Waals surface area contributed by atoms with Crippen LogP contribution in [0.25, 0.3) is 22.4 Å². The summed E-state index contributed by atoms with van der Waals surface area (Å²) in [6.07, 6.45) is 0. The summed E-state index contributed by atoms with van der Waals surface area (Å²) in [4.78, 5) is 19.8. The van der Waals surface area contributed by atoms with Crippen molar-refractivity contribution in [1.29, 1.82) is 0 Å². The Kier molecular flexibility index (Phi) is 3.69. The predicted molar refractivity (Wildman–Crippen MR) is 110 cm³/mol. The number of aromatic hydroxyl groups is 1. The van der Waals surface area contributed by atoms with Gasteiger partial charge in [0, 0.05) is 5.56 Å². The Labute approximate surface area is 161 Å². The largest absolute Gasteiger partial charge is 0.494 e. The van der Waals surface area contributed by atoms with E-state index in [0.717, 1.165) is 22.3 Å². The third-order valence-corrected chi connectivity index (χ3v) is 4.97. The fourth-order valence-electron chi connectivity index (χ4n) is 3.63. The van der Waals surface area contributed by atoms with Crippen LogP contribution in [0.4, 0.5) is 0 Å². The Morgan fingerprint density at radius 1 is 0.643 bits per heavy atom. The van der Waals surface area contributed by atoms with E-state index in [0.29, 0.717) is 22.5 Å². The first-order valence-electron chi connectivity index (χ1n) is 9.02. The minimum absolute atomic E-state index is 0.0365. The molecule has 0 aliphatic carbocycles. The first kappa shape index (κ1) is 16.3. The maximum atomic E-state index is 12.6. The van der Waals surface area contributed by atoms with Crippen LogP contribution in [0, 0.1) is 0 Å². The van der Waals surface area contributed by atoms with E-state index in [1.165, 1.54) is 0 Å². The minimum atomic E-state index is -0.340. The highest BCUT2D eigenvalue weighted by Crippen LogP contribution is 2.38. The molecule has 5 rings (SSSR count). The lowest BCUT2D eigenvalue weighted by atomic mass is 9.98. The van der Waals surface area contributed by atoms with Crippen molar-refractivity contribution in [2.24, 2.45) is 4.99 Å². The van der Waals surface area contributed by atoms with Crippen molar-refractivity contribution in [3.63, 3.8) is 0 Å². The van der Waals surface area contributed by atoms with Gasteiger partial charge in [-0.2, -0.15) is 0 Å². The van der Waals surface area contributed by atoms with Crippen LogP contribution in [0.5, 0.6) is 5.88 Å². The monoisotopic (exact) mass is 364 g/mol. The number of aromatic amines is 1. The lowest BCUT2D eigenvalue weighted by Crippen LogP contribution is -1.99. The number of carbonyl (C=O) groups excluding carboxylic acids is 1. The van der Waals surface area contributed by atoms with Gasteiger partial charge in [-0.25, -0.2) is 4.99 Å². The molecule has 4 heteroatoms. The number of aromatic nitrogens is 1. The molecule has 0 atom stereocenters. The van der Waals surface area contributed by atoms with Crippen molar-refractivity contribution in [3.05, 3.63) is 102 Å². The summed E-state index contributed by atoms with van der Waals surface area (Å²) in [6.45, 7) is 0. The third kappa shape index (κ3) is 2.55. The molecule has 2 heterocycles. The maximum absolute atomic E-state index is 12.6. The van der Waals surface area contributed by atoms with Crippen LogP contribution in [0.15, 0.2) is 89.9 Å². The number of aliphatic imine (C=N–C) groups is 1. The fourth-order valence-corrected chi connectivity index (χ4v) is 3.63. The lowest BCUT2D eigenvalue weighted by molar-refractivity contribution is 0.101. The Balaban J connectivity index is 1.57. The summed E-state index contributed by atoms with van der Waals surface area (Å²) in [5.41, 5.74) is 5.81. The molecule has 0 saturated heterocycles. The molecule has 1 aromatic heterocycles. The number of H-pyrrole nitrogens is 1. The number of hydrogen-bond donors (Lipinski definition) is 2. The predicted octanol–water partition coefficient (Wildman–Crippen LogP) is 5.05. The van der Waals surface area contributed by atoms with Gasteiger partial charge in [0.2, 0.25) is 0 Å². The lowest BCUT2D eigenvalue weighted by Gasteiger charge is -2.05. The van der Waals surface area contributed by atoms with Crippen molar-refractivity contribution >= 4 is 11.6 Å². The summed E-state index contributed by atoms with van der Waals surface area (Å²) in [5, 5.41) is 10.5. The van der Waals surface area contributed by atoms with E-state index in [9.17, 15) is 9.90 Å². The summed E-state index contributed by atoms with van der Waals surface area (Å²) in [7, 11) is 0. The summed E-state index contributed by atoms with van der Waals surface area (Å²) in [5.74, 6) is -0.377. The molecule has 0 bridgehead atoms. The number of carbonyl (C=O) groups is 1. The highest BCUT2D eigenvalue weighted by molar-refractivity contribution is 6.30. The maximum Gasteiger partial charge on any atom is 0.280 e. The molecular formula is C24H16N2O2. The van der Waals surface area contributed by atoms with Crippen LogP contribution < -0.4 is 0 Å². The second kappa shape index (κ2) is 6.35. The molecule has 0 saturated carbocycles. The van der Waals surface area contributed by atoms with Crippen LogP contribution in [0.3, 0.4) is 0 Å². The standard InChI is InChI=1S/C24H16N2O2/c27-23-19-20(24(28)25-21(19)17-9-5-2-6-10-17)22(26-23)18-13-11-16(12-14-18)15-7-3-1-4-8-15/h1-14,25,28H. The zero-order valence-corrected chi connectivity index (χ0v) is 14.9. The Morgan fingerprint density at radius 3 is 1.82 bits per heavy atom. The second-order valence-corrected chi connectivity index (χ2v) is 6.67. The third-order valence-electron chi connectivity index (χ3n) is 4.97. The van der Waals surface area contributed by atoms with Crippen molar-refractivity contribution in [3.8, 4) is 28.3 Å². The topological polar surface area (TPSA) is 65.4 Å². The molecule has 0 unspecified atom stereocenters. The Morgan fingerprint density at radius 2 is 1.18 bits per heavy atom. The van der Waals surface area contributed by atoms with Gasteiger partial charge in [-0.3, -0.25) is 4.79 Å². The number of amides is 1. The average Bonchev–Trinajstić information content (AvgIpc) is 3.28. The first-order valence-corrected chi connectivity index (χ1v) is 9.02. The molecule has 134 valence electrons. The molecule has 0 radical (unpaired) electrons. The molecule has 28 heavy (non-hydrogen) atoms. The van der Waals surface area contributed by atoms with E-state index in [1.807, 2.05) is 84.9 Å². The quantitative estimate of drug-likeness (QED) is 0.534. The first-order chi connectivity index (χ1) is 13.7. The van der Waals surface area contributed by atoms with E-state index < -0.39 is 0 Å². The van der Waals surface area contributed by atoms with E-state index >= 15 is 0 Å². The number of rotatable bonds is 3. The van der Waals surface area contributed by atoms with E-state index in [-0.39, 0.29) is 11.8 Å². The van der Waals surface area contributed by atoms with Gasteiger partial charge in [-0.1, -0.05) is 84.9 Å². The van der Waals surface area contributed by atoms with E-state index in [4.69, 9.17) is 0 Å². The molecule has 1 aliphatic heterocycles. The second-order valence-electron chi connectivity index (χ2n) is 6.67. The van der Waals surface area contributed by atoms with Crippen LogP contribution in [-0.2, 0) is 0 Å². The average molecular weight is 364 g/mol. The van der Waals surface area contributed by atoms with Gasteiger partial charge in [0.1, 0.15) is 0 Å². The van der Waals surface area contributed by atoms with Gasteiger partial charge < -0.3 is 10.1 Å². The van der Waals surface area contributed by atoms with Gasteiger partial charge in [-0.15, -0.1) is 0 Å². The fraction of sp³-hybridized carbons (Fsp3) is 0. The number of nitrogens with one attached hydrogen (secondary N) is 1. The van der Waals surface area contributed by atoms with Crippen molar-refractivity contribution in [2.45, 2.75) is 0 Å². The van der Waals surface area contributed by atoms with Crippen LogP contribution in [-0.4, -0.2) is 21.7 Å². The molecule has 4 nitrogen and oxygen atoms in total. The van der Waals surface area contributed by atoms with Gasteiger partial charge >= 0.3 is 0 Å². The van der Waals surface area contributed by atoms with Crippen molar-refractivity contribution in [1.82, 2.24) is 4.98 Å². The number of nitrogens with zero attached hydrogens (tertiary/aromatic N) is 1. The smallest absolute Gasteiger partial charge is 0.280 e. The van der Waals surface area contributed by atoms with Crippen LogP contribution in [0.1, 0.15) is 21.5 Å². The molecule has 1 amide bonds. The van der Waals surface area contributed by atoms with Gasteiger partial charge in [0.25, 0.3) is 5.91 Å². The normalized spacial score (nSPS) is 12.7. The summed E-state index contributed by atoms with van der Waals surface area (Å²) in [6, 6.07) is 27.4. The SMILES string of the molecule is O=C1N=C(c2ccc(-c3ccccc3)cc2)c2c(O)[nH]c(-c3ccccc3)c21. The minimum Gasteiger partial charge on any atom is -0.494 e. The van der Waals surface area contributed by atoms with E-state index in [2.05, 4.69) is 9.98 Å². The molecule has 0 fully saturated rings. The molecule has 1 aliphatic rings. The van der Waals surface area contributed by atoms with Crippen LogP contribution >= 0.6 is 0 Å². The van der Waals surface area contributed by atoms with Gasteiger partial charge in [0.15, 0.2) is 5.88 Å². The van der Waals surface area contributed by atoms with Gasteiger partial charge in [-0.05, 0) is 16.7 Å². The van der Waals surface area contributed by atoms with Crippen molar-refractivity contribution in [2.75, 3.05) is 0 Å². The highest BCUT2D eigenvalue weighted by atomic mass is 16.3. The Hall–Kier alpha value is -3.92. The van der Waals surface area contributed by atoms with Crippen molar-refractivity contribution < 1.29 is 9.90 Å². The Bertz CT molecular complexity index is 1200. The number of fused-ring (bicyclic) bond motifs is 1. The number of benzene rings is 3. The molecule has 2 N–H and O–H groups in total. The number of hydrogen-bond acceptors (Lipinski definition) is 2. The highest BCUT2D eigenvalue weighted by Gasteiger charge is 2.33.